The molecule has 10 nitrogen and oxygen atoms in total. The molecule has 0 spiro atoms. The minimum absolute atomic E-state index is 0.00399. The smallest absolute Gasteiger partial charge is 0.343 e. The van der Waals surface area contributed by atoms with Gasteiger partial charge in [-0.05, 0) is 52.9 Å². The van der Waals surface area contributed by atoms with Gasteiger partial charge in [0, 0.05) is 22.8 Å². The van der Waals surface area contributed by atoms with Crippen LogP contribution in [0.15, 0.2) is 103 Å². The molecule has 1 aromatic heterocycles. The summed E-state index contributed by atoms with van der Waals surface area (Å²) in [6, 6.07) is 25.2. The van der Waals surface area contributed by atoms with E-state index in [0.29, 0.717) is 16.2 Å². The Morgan fingerprint density at radius 3 is 2.26 bits per heavy atom. The molecule has 0 radical (unpaired) electrons. The Balaban J connectivity index is 1.83. The van der Waals surface area contributed by atoms with Crippen molar-refractivity contribution in [2.24, 2.45) is 5.73 Å². The fourth-order valence-corrected chi connectivity index (χ4v) is 5.26. The number of anilines is 2. The molecule has 0 unspecified atom stereocenters. The molecule has 2 amide bonds. The van der Waals surface area contributed by atoms with E-state index in [0.717, 1.165) is 10.3 Å². The van der Waals surface area contributed by atoms with Crippen LogP contribution < -0.4 is 21.7 Å². The Bertz CT molecular complexity index is 1880. The highest BCUT2D eigenvalue weighted by molar-refractivity contribution is 6.24. The first-order valence-electron chi connectivity index (χ1n) is 13.5. The summed E-state index contributed by atoms with van der Waals surface area (Å²) in [7, 11) is 0. The third-order valence-corrected chi connectivity index (χ3v) is 7.37. The van der Waals surface area contributed by atoms with Gasteiger partial charge in [0.15, 0.2) is 0 Å². The third-order valence-electron chi connectivity index (χ3n) is 7.37. The zero-order valence-corrected chi connectivity index (χ0v) is 23.2. The van der Waals surface area contributed by atoms with Crippen LogP contribution >= 0.6 is 0 Å². The van der Waals surface area contributed by atoms with Crippen molar-refractivity contribution in [3.8, 4) is 0 Å². The molecule has 5 aromatic rings. The van der Waals surface area contributed by atoms with E-state index in [-0.39, 0.29) is 29.2 Å². The van der Waals surface area contributed by atoms with Gasteiger partial charge < -0.3 is 21.9 Å². The van der Waals surface area contributed by atoms with Crippen LogP contribution in [0.1, 0.15) is 22.8 Å². The average Bonchev–Trinajstić information content (AvgIpc) is 3.03. The molecule has 0 saturated carbocycles. The number of pyridine rings is 1. The summed E-state index contributed by atoms with van der Waals surface area (Å²) in [5.74, 6) is -3.78. The summed E-state index contributed by atoms with van der Waals surface area (Å²) in [6.07, 6.45) is 1.53. The molecule has 1 heterocycles. The van der Waals surface area contributed by atoms with E-state index in [4.69, 9.17) is 11.5 Å². The molecule has 0 fully saturated rings. The number of rotatable bonds is 9. The van der Waals surface area contributed by atoms with E-state index in [1.807, 2.05) is 24.3 Å². The summed E-state index contributed by atoms with van der Waals surface area (Å²) >= 11 is 0. The highest BCUT2D eigenvalue weighted by Gasteiger charge is 2.56. The van der Waals surface area contributed by atoms with Crippen molar-refractivity contribution in [1.29, 1.82) is 0 Å². The fourth-order valence-electron chi connectivity index (χ4n) is 5.26. The standard InChI is InChI=1S/C33H29N5O5/c1-20(37-28(39)19-34)31(41)38(26-14-13-21-7-5-6-8-23(21)17-26)33(32(42)43,25-9-3-2-4-10-25)29(40)24-12-11-22-15-16-36-30(35)27(22)18-24/h2-18,20H,19,34H2,1H3,(H2,35,36)(H,37,39)(H,42,43)/t20-,33+/m0/s1. The van der Waals surface area contributed by atoms with Crippen LogP contribution in [0.2, 0.25) is 0 Å². The largest absolute Gasteiger partial charge is 0.479 e. The quantitative estimate of drug-likeness (QED) is 0.153. The fraction of sp³-hybridized carbons (Fsp3) is 0.121. The van der Waals surface area contributed by atoms with E-state index in [1.165, 1.54) is 37.4 Å². The second-order valence-corrected chi connectivity index (χ2v) is 10.0. The monoisotopic (exact) mass is 575 g/mol. The van der Waals surface area contributed by atoms with Crippen LogP contribution in [0.5, 0.6) is 0 Å². The van der Waals surface area contributed by atoms with Crippen LogP contribution in [0.4, 0.5) is 11.5 Å². The molecule has 43 heavy (non-hydrogen) atoms. The molecule has 10 heteroatoms. The van der Waals surface area contributed by atoms with Crippen LogP contribution in [-0.4, -0.2) is 46.2 Å². The molecule has 4 aromatic carbocycles. The molecular formula is C33H29N5O5. The predicted octanol–water partition coefficient (Wildman–Crippen LogP) is 3.63. The van der Waals surface area contributed by atoms with Crippen molar-refractivity contribution in [2.75, 3.05) is 17.2 Å². The normalized spacial score (nSPS) is 13.2. The Morgan fingerprint density at radius 2 is 1.56 bits per heavy atom. The van der Waals surface area contributed by atoms with Crippen LogP contribution in [-0.2, 0) is 19.9 Å². The van der Waals surface area contributed by atoms with Gasteiger partial charge in [-0.2, -0.15) is 0 Å². The number of carboxylic acids is 1. The molecule has 0 aliphatic heterocycles. The van der Waals surface area contributed by atoms with Crippen LogP contribution in [0.3, 0.4) is 0 Å². The number of benzene rings is 4. The molecule has 216 valence electrons. The minimum atomic E-state index is -2.60. The molecular weight excluding hydrogens is 546 g/mol. The number of carbonyl (C=O) groups excluding carboxylic acids is 3. The topological polar surface area (TPSA) is 169 Å². The third kappa shape index (κ3) is 5.15. The van der Waals surface area contributed by atoms with Crippen molar-refractivity contribution in [3.63, 3.8) is 0 Å². The van der Waals surface area contributed by atoms with Gasteiger partial charge in [0.1, 0.15) is 11.9 Å². The van der Waals surface area contributed by atoms with Gasteiger partial charge in [0.2, 0.25) is 17.2 Å². The zero-order chi connectivity index (χ0) is 30.7. The van der Waals surface area contributed by atoms with Crippen molar-refractivity contribution < 1.29 is 24.3 Å². The van der Waals surface area contributed by atoms with Gasteiger partial charge in [0.05, 0.1) is 6.54 Å². The van der Waals surface area contributed by atoms with Gasteiger partial charge in [-0.15, -0.1) is 0 Å². The molecule has 0 bridgehead atoms. The lowest BCUT2D eigenvalue weighted by Gasteiger charge is -2.41. The van der Waals surface area contributed by atoms with Gasteiger partial charge in [-0.3, -0.25) is 19.3 Å². The molecule has 5 rings (SSSR count). The number of aliphatic carboxylic acids is 1. The van der Waals surface area contributed by atoms with Crippen LogP contribution in [0, 0.1) is 0 Å². The number of nitrogens with one attached hydrogen (secondary N) is 1. The first-order valence-corrected chi connectivity index (χ1v) is 13.5. The lowest BCUT2D eigenvalue weighted by molar-refractivity contribution is -0.143. The SMILES string of the molecule is C[C@H](NC(=O)CN)C(=O)N(c1ccc2ccccc2c1)[C@@](C(=O)O)(C(=O)c1ccc2ccnc(N)c2c1)c1ccccc1. The van der Waals surface area contributed by atoms with E-state index in [2.05, 4.69) is 10.3 Å². The predicted molar refractivity (Wildman–Crippen MR) is 164 cm³/mol. The Kier molecular flexibility index (Phi) is 7.87. The number of Topliss-reactive ketones (excluding diaryl/α,β-unsaturated/α-hetero) is 1. The number of amides is 2. The van der Waals surface area contributed by atoms with Gasteiger partial charge in [0.25, 0.3) is 5.91 Å². The molecule has 0 saturated heterocycles. The van der Waals surface area contributed by atoms with Crippen molar-refractivity contribution in [2.45, 2.75) is 18.5 Å². The summed E-state index contributed by atoms with van der Waals surface area (Å²) in [5.41, 5.74) is 9.14. The first kappa shape index (κ1) is 28.9. The second kappa shape index (κ2) is 11.7. The lowest BCUT2D eigenvalue weighted by Crippen LogP contribution is -2.63. The number of carbonyl (C=O) groups is 4. The van der Waals surface area contributed by atoms with Gasteiger partial charge >= 0.3 is 5.97 Å². The molecule has 6 N–H and O–H groups in total. The summed E-state index contributed by atoms with van der Waals surface area (Å²) < 4.78 is 0. The maximum absolute atomic E-state index is 14.8. The highest BCUT2D eigenvalue weighted by atomic mass is 16.4. The maximum atomic E-state index is 14.8. The van der Waals surface area contributed by atoms with Gasteiger partial charge in [-0.25, -0.2) is 9.78 Å². The molecule has 2 atom stereocenters. The summed E-state index contributed by atoms with van der Waals surface area (Å²) in [6.45, 7) is 1.02. The Labute approximate surface area is 246 Å². The van der Waals surface area contributed by atoms with E-state index in [9.17, 15) is 24.3 Å². The van der Waals surface area contributed by atoms with Gasteiger partial charge in [-0.1, -0.05) is 72.8 Å². The van der Waals surface area contributed by atoms with Crippen LogP contribution in [0.25, 0.3) is 21.5 Å². The first-order chi connectivity index (χ1) is 20.7. The average molecular weight is 576 g/mol. The van der Waals surface area contributed by atoms with E-state index in [1.54, 1.807) is 48.5 Å². The Morgan fingerprint density at radius 1 is 0.884 bits per heavy atom. The van der Waals surface area contributed by atoms with E-state index < -0.39 is 35.1 Å². The Hall–Kier alpha value is -5.61. The maximum Gasteiger partial charge on any atom is 0.343 e. The number of nitrogen functional groups attached to an aromatic ring is 1. The number of nitrogens with two attached hydrogens (primary N) is 2. The number of carboxylic acid groups (broad SMARTS) is 1. The summed E-state index contributed by atoms with van der Waals surface area (Å²) in [4.78, 5) is 60.1. The van der Waals surface area contributed by atoms with Crippen molar-refractivity contribution in [1.82, 2.24) is 10.3 Å². The lowest BCUT2D eigenvalue weighted by atomic mass is 9.79. The number of hydrogen-bond donors (Lipinski definition) is 4. The number of ketones is 1. The second-order valence-electron chi connectivity index (χ2n) is 10.0. The number of nitrogens with zero attached hydrogens (tertiary/aromatic N) is 2. The zero-order valence-electron chi connectivity index (χ0n) is 23.2. The summed E-state index contributed by atoms with van der Waals surface area (Å²) in [5, 5.41) is 16.3. The molecule has 0 aliphatic rings. The number of hydrogen-bond acceptors (Lipinski definition) is 7. The minimum Gasteiger partial charge on any atom is -0.479 e. The van der Waals surface area contributed by atoms with Crippen molar-refractivity contribution >= 4 is 56.6 Å². The molecule has 0 aliphatic carbocycles. The van der Waals surface area contributed by atoms with Crippen molar-refractivity contribution in [3.05, 3.63) is 114 Å². The van der Waals surface area contributed by atoms with E-state index >= 15 is 0 Å². The number of aromatic nitrogens is 1. The highest BCUT2D eigenvalue weighted by Crippen LogP contribution is 2.39. The number of fused-ring (bicyclic) bond motifs is 2.